The molecule has 0 aliphatic carbocycles. The van der Waals surface area contributed by atoms with E-state index in [4.69, 9.17) is 18.9 Å². The molecule has 0 saturated carbocycles. The van der Waals surface area contributed by atoms with Crippen molar-refractivity contribution in [2.45, 2.75) is 63.3 Å². The number of rotatable bonds is 0. The van der Waals surface area contributed by atoms with Crippen LogP contribution in [-0.4, -0.2) is 53.4 Å². The first-order valence-electron chi connectivity index (χ1n) is 9.16. The molecule has 26 heavy (non-hydrogen) atoms. The van der Waals surface area contributed by atoms with Crippen LogP contribution in [0.15, 0.2) is 12.1 Å². The summed E-state index contributed by atoms with van der Waals surface area (Å²) in [5.74, 6) is 0.428. The molecule has 2 fully saturated rings. The Hall–Kier alpha value is -1.83. The number of fused-ring (bicyclic) bond motifs is 7. The zero-order valence-corrected chi connectivity index (χ0v) is 14.9. The smallest absolute Gasteiger partial charge is 0.254 e. The number of hydrogen-bond acceptors (Lipinski definition) is 6. The highest BCUT2D eigenvalue weighted by atomic mass is 16.8. The lowest BCUT2D eigenvalue weighted by Gasteiger charge is -2.28. The van der Waals surface area contributed by atoms with Crippen LogP contribution in [0.2, 0.25) is 0 Å². The molecule has 2 saturated heterocycles. The van der Waals surface area contributed by atoms with Crippen LogP contribution in [0, 0.1) is 0 Å². The second-order valence-electron chi connectivity index (χ2n) is 7.96. The summed E-state index contributed by atoms with van der Waals surface area (Å²) in [7, 11) is 0. The summed E-state index contributed by atoms with van der Waals surface area (Å²) in [5.41, 5.74) is 2.04. The number of carbonyl (C=O) groups excluding carboxylic acids is 1. The predicted octanol–water partition coefficient (Wildman–Crippen LogP) is 1.52. The number of nitrogens with zero attached hydrogens (tertiary/aromatic N) is 1. The molecular formula is C19H23NO6. The van der Waals surface area contributed by atoms with Crippen molar-refractivity contribution in [3.05, 3.63) is 23.3 Å². The lowest BCUT2D eigenvalue weighted by Crippen LogP contribution is -2.44. The Morgan fingerprint density at radius 3 is 2.77 bits per heavy atom. The van der Waals surface area contributed by atoms with E-state index in [1.54, 1.807) is 13.8 Å². The van der Waals surface area contributed by atoms with Crippen molar-refractivity contribution >= 4 is 5.91 Å². The quantitative estimate of drug-likeness (QED) is 0.755. The zero-order valence-electron chi connectivity index (χ0n) is 14.9. The van der Waals surface area contributed by atoms with Gasteiger partial charge in [0, 0.05) is 25.4 Å². The standard InChI is InChI=1S/C19H23NO6/c1-19(2)25-16-7-13(21)11-3-4-20(18(22)17(16)26-19)8-10-5-14-15(6-12(10)11)24-9-23-14/h5-6,11,13,16-17,21H,3-4,7-9H2,1-2H3/t11-,13?,16+,17-/m1/s1. The number of aliphatic hydroxyl groups is 1. The summed E-state index contributed by atoms with van der Waals surface area (Å²) in [6.45, 7) is 4.87. The molecule has 4 heterocycles. The number of hydrogen-bond donors (Lipinski definition) is 1. The average Bonchev–Trinajstić information content (AvgIpc) is 3.09. The lowest BCUT2D eigenvalue weighted by atomic mass is 9.85. The molecule has 1 unspecified atom stereocenters. The van der Waals surface area contributed by atoms with Crippen LogP contribution < -0.4 is 9.47 Å². The number of amides is 1. The predicted molar refractivity (Wildman–Crippen MR) is 89.8 cm³/mol. The Morgan fingerprint density at radius 1 is 1.19 bits per heavy atom. The molecule has 2 bridgehead atoms. The Labute approximate surface area is 151 Å². The van der Waals surface area contributed by atoms with Crippen LogP contribution in [0.3, 0.4) is 0 Å². The van der Waals surface area contributed by atoms with Crippen LogP contribution in [0.5, 0.6) is 11.5 Å². The van der Waals surface area contributed by atoms with Gasteiger partial charge in [-0.05, 0) is 43.5 Å². The molecule has 4 atom stereocenters. The van der Waals surface area contributed by atoms with E-state index >= 15 is 0 Å². The average molecular weight is 361 g/mol. The molecule has 0 aromatic heterocycles. The third-order valence-corrected chi connectivity index (χ3v) is 5.78. The van der Waals surface area contributed by atoms with Crippen molar-refractivity contribution < 1.29 is 28.8 Å². The van der Waals surface area contributed by atoms with Crippen molar-refractivity contribution in [3.8, 4) is 11.5 Å². The minimum absolute atomic E-state index is 0.0704. The van der Waals surface area contributed by atoms with Crippen molar-refractivity contribution in [1.29, 1.82) is 0 Å². The molecule has 4 aliphatic heterocycles. The highest BCUT2D eigenvalue weighted by molar-refractivity contribution is 5.82. The van der Waals surface area contributed by atoms with Crippen LogP contribution in [-0.2, 0) is 20.8 Å². The highest BCUT2D eigenvalue weighted by Crippen LogP contribution is 2.44. The van der Waals surface area contributed by atoms with Gasteiger partial charge >= 0.3 is 0 Å². The Bertz CT molecular complexity index is 763. The molecule has 0 spiro atoms. The first-order chi connectivity index (χ1) is 12.4. The maximum atomic E-state index is 13.2. The number of aliphatic hydroxyl groups excluding tert-OH is 1. The van der Waals surface area contributed by atoms with Crippen LogP contribution in [0.1, 0.15) is 43.7 Å². The van der Waals surface area contributed by atoms with Gasteiger partial charge in [0.05, 0.1) is 12.2 Å². The highest BCUT2D eigenvalue weighted by Gasteiger charge is 2.49. The number of carbonyl (C=O) groups is 1. The van der Waals surface area contributed by atoms with E-state index < -0.39 is 24.1 Å². The molecule has 1 amide bonds. The third-order valence-electron chi connectivity index (χ3n) is 5.78. The fourth-order valence-corrected chi connectivity index (χ4v) is 4.60. The Balaban J connectivity index is 1.59. The van der Waals surface area contributed by atoms with Gasteiger partial charge < -0.3 is 29.0 Å². The van der Waals surface area contributed by atoms with Gasteiger partial charge in [-0.3, -0.25) is 4.79 Å². The minimum atomic E-state index is -0.825. The summed E-state index contributed by atoms with van der Waals surface area (Å²) in [6.07, 6.45) is -0.667. The van der Waals surface area contributed by atoms with Crippen LogP contribution in [0.25, 0.3) is 0 Å². The van der Waals surface area contributed by atoms with E-state index in [1.165, 1.54) is 0 Å². The van der Waals surface area contributed by atoms with E-state index in [0.717, 1.165) is 11.1 Å². The van der Waals surface area contributed by atoms with Crippen molar-refractivity contribution in [3.63, 3.8) is 0 Å². The van der Waals surface area contributed by atoms with E-state index in [1.807, 2.05) is 17.0 Å². The molecule has 140 valence electrons. The summed E-state index contributed by atoms with van der Waals surface area (Å²) in [5, 5.41) is 11.0. The van der Waals surface area contributed by atoms with Gasteiger partial charge in [-0.1, -0.05) is 0 Å². The summed E-state index contributed by atoms with van der Waals surface area (Å²) < 4.78 is 22.8. The lowest BCUT2D eigenvalue weighted by molar-refractivity contribution is -0.163. The van der Waals surface area contributed by atoms with Gasteiger partial charge in [0.1, 0.15) is 0 Å². The third kappa shape index (κ3) is 2.49. The SMILES string of the molecule is CC1(C)O[C@H]2CC(O)[C@@H]3CCN(Cc4cc5c(cc43)OCO5)C(=O)[C@@H]2O1. The second kappa shape index (κ2) is 5.58. The Kier molecular flexibility index (Phi) is 3.51. The Morgan fingerprint density at radius 2 is 1.96 bits per heavy atom. The van der Waals surface area contributed by atoms with Crippen molar-refractivity contribution in [2.75, 3.05) is 13.3 Å². The largest absolute Gasteiger partial charge is 0.454 e. The van der Waals surface area contributed by atoms with Gasteiger partial charge in [0.15, 0.2) is 23.4 Å². The van der Waals surface area contributed by atoms with E-state index in [0.29, 0.717) is 37.4 Å². The monoisotopic (exact) mass is 361 g/mol. The number of ether oxygens (including phenoxy) is 4. The van der Waals surface area contributed by atoms with Crippen molar-refractivity contribution in [2.24, 2.45) is 0 Å². The van der Waals surface area contributed by atoms with E-state index in [-0.39, 0.29) is 18.6 Å². The van der Waals surface area contributed by atoms with Gasteiger partial charge in [-0.2, -0.15) is 0 Å². The minimum Gasteiger partial charge on any atom is -0.454 e. The summed E-state index contributed by atoms with van der Waals surface area (Å²) in [4.78, 5) is 15.0. The maximum absolute atomic E-state index is 13.2. The first kappa shape index (κ1) is 16.4. The molecule has 7 heteroatoms. The summed E-state index contributed by atoms with van der Waals surface area (Å²) >= 11 is 0. The molecule has 4 aliphatic rings. The fourth-order valence-electron chi connectivity index (χ4n) is 4.60. The van der Waals surface area contributed by atoms with Crippen LogP contribution >= 0.6 is 0 Å². The molecule has 1 aromatic rings. The summed E-state index contributed by atoms with van der Waals surface area (Å²) in [6, 6.07) is 3.91. The van der Waals surface area contributed by atoms with Gasteiger partial charge in [0.25, 0.3) is 5.91 Å². The maximum Gasteiger partial charge on any atom is 0.254 e. The molecule has 0 radical (unpaired) electrons. The van der Waals surface area contributed by atoms with Gasteiger partial charge in [-0.15, -0.1) is 0 Å². The molecule has 7 nitrogen and oxygen atoms in total. The zero-order chi connectivity index (χ0) is 18.1. The van der Waals surface area contributed by atoms with Crippen molar-refractivity contribution in [1.82, 2.24) is 4.90 Å². The fraction of sp³-hybridized carbons (Fsp3) is 0.632. The van der Waals surface area contributed by atoms with E-state index in [9.17, 15) is 9.90 Å². The molecule has 5 rings (SSSR count). The molecular weight excluding hydrogens is 338 g/mol. The first-order valence-corrected chi connectivity index (χ1v) is 9.16. The van der Waals surface area contributed by atoms with E-state index in [2.05, 4.69) is 0 Å². The molecule has 1 N–H and O–H groups in total. The normalized spacial score (nSPS) is 34.6. The number of benzene rings is 1. The van der Waals surface area contributed by atoms with Gasteiger partial charge in [0.2, 0.25) is 6.79 Å². The van der Waals surface area contributed by atoms with Crippen LogP contribution in [0.4, 0.5) is 0 Å². The van der Waals surface area contributed by atoms with Gasteiger partial charge in [-0.25, -0.2) is 0 Å². The second-order valence-corrected chi connectivity index (χ2v) is 7.96. The molecule has 1 aromatic carbocycles. The topological polar surface area (TPSA) is 77.5 Å².